The molecule has 2 aromatic carbocycles. The van der Waals surface area contributed by atoms with E-state index >= 15 is 0 Å². The van der Waals surface area contributed by atoms with Gasteiger partial charge in [-0.2, -0.15) is 5.10 Å². The first-order valence-electron chi connectivity index (χ1n) is 12.8. The number of nitrogens with two attached hydrogens (primary N) is 1. The first-order valence-corrected chi connectivity index (χ1v) is 12.8. The molecule has 0 aliphatic carbocycles. The van der Waals surface area contributed by atoms with Crippen LogP contribution in [0.3, 0.4) is 0 Å². The van der Waals surface area contributed by atoms with Crippen LogP contribution in [0.1, 0.15) is 31.9 Å². The van der Waals surface area contributed by atoms with E-state index in [-0.39, 0.29) is 30.5 Å². The highest BCUT2D eigenvalue weighted by Gasteiger charge is 2.31. The summed E-state index contributed by atoms with van der Waals surface area (Å²) in [4.78, 5) is 31.0. The Bertz CT molecular complexity index is 1540. The lowest BCUT2D eigenvalue weighted by Gasteiger charge is -2.18. The number of aromatic nitrogens is 3. The van der Waals surface area contributed by atoms with Crippen molar-refractivity contribution in [3.8, 4) is 11.5 Å². The maximum absolute atomic E-state index is 12.6. The molecule has 10 heteroatoms. The third kappa shape index (κ3) is 5.70. The van der Waals surface area contributed by atoms with Crippen molar-refractivity contribution in [3.63, 3.8) is 0 Å². The number of carbonyl (C=O) groups is 2. The van der Waals surface area contributed by atoms with Gasteiger partial charge in [-0.05, 0) is 69.2 Å². The Morgan fingerprint density at radius 2 is 2.00 bits per heavy atom. The minimum atomic E-state index is -0.422. The van der Waals surface area contributed by atoms with Crippen LogP contribution in [0.5, 0.6) is 11.5 Å². The molecule has 39 heavy (non-hydrogen) atoms. The maximum atomic E-state index is 12.6. The maximum Gasteiger partial charge on any atom is 0.414 e. The lowest BCUT2D eigenvalue weighted by molar-refractivity contribution is -0.115. The summed E-state index contributed by atoms with van der Waals surface area (Å²) >= 11 is 0. The number of carbonyl (C=O) groups excluding carboxylic acids is 2. The zero-order valence-electron chi connectivity index (χ0n) is 22.5. The number of hydrogen-bond donors (Lipinski definition) is 2. The van der Waals surface area contributed by atoms with Gasteiger partial charge >= 0.3 is 6.09 Å². The molecule has 1 saturated heterocycles. The Hall–Kier alpha value is -4.44. The van der Waals surface area contributed by atoms with E-state index in [0.29, 0.717) is 29.4 Å². The number of ether oxygens (including phenoxy) is 2. The van der Waals surface area contributed by atoms with Crippen molar-refractivity contribution in [1.29, 1.82) is 0 Å². The molecule has 5 rings (SSSR count). The monoisotopic (exact) mass is 528 g/mol. The topological polar surface area (TPSA) is 125 Å². The van der Waals surface area contributed by atoms with E-state index in [2.05, 4.69) is 15.4 Å². The van der Waals surface area contributed by atoms with Gasteiger partial charge in [0.15, 0.2) is 0 Å². The Balaban J connectivity index is 1.31. The van der Waals surface area contributed by atoms with Gasteiger partial charge in [0.05, 0.1) is 35.9 Å². The number of amides is 2. The van der Waals surface area contributed by atoms with Gasteiger partial charge in [-0.3, -0.25) is 19.4 Å². The van der Waals surface area contributed by atoms with Crippen molar-refractivity contribution in [2.75, 3.05) is 23.3 Å². The fraction of sp³-hybridized carbons (Fsp3) is 0.310. The molecule has 1 atom stereocenters. The number of cyclic esters (lactones) is 1. The molecule has 0 spiro atoms. The Kier molecular flexibility index (Phi) is 6.96. The van der Waals surface area contributed by atoms with E-state index in [0.717, 1.165) is 22.0 Å². The number of hydrogen-bond acceptors (Lipinski definition) is 7. The van der Waals surface area contributed by atoms with Crippen LogP contribution in [0.4, 0.5) is 16.2 Å². The van der Waals surface area contributed by atoms with Crippen LogP contribution < -0.4 is 20.7 Å². The van der Waals surface area contributed by atoms with Gasteiger partial charge < -0.3 is 20.5 Å². The zero-order chi connectivity index (χ0) is 27.7. The zero-order valence-corrected chi connectivity index (χ0v) is 22.5. The molecule has 4 aromatic rings. The first-order chi connectivity index (χ1) is 18.6. The summed E-state index contributed by atoms with van der Waals surface area (Å²) in [5.41, 5.74) is 9.35. The molecular weight excluding hydrogens is 496 g/mol. The summed E-state index contributed by atoms with van der Waals surface area (Å²) in [6.45, 7) is 8.74. The van der Waals surface area contributed by atoms with E-state index < -0.39 is 6.09 Å². The number of nitrogens with one attached hydrogen (secondary N) is 1. The second kappa shape index (κ2) is 10.4. The summed E-state index contributed by atoms with van der Waals surface area (Å²) in [6.07, 6.45) is 4.63. The number of anilines is 2. The summed E-state index contributed by atoms with van der Waals surface area (Å²) < 4.78 is 13.4. The highest BCUT2D eigenvalue weighted by molar-refractivity contribution is 5.95. The molecule has 202 valence electrons. The summed E-state index contributed by atoms with van der Waals surface area (Å²) in [5.74, 6) is 1.14. The number of aryl methyl sites for hydroxylation is 1. The van der Waals surface area contributed by atoms with Crippen LogP contribution in [-0.4, -0.2) is 46.0 Å². The standard InChI is InChI=1S/C29H32N6O4/c1-18-11-19(12-27(36)33-20-15-32-35(16-20)29(2,3)4)5-8-25(18)39-26-9-10-31-24-7-6-21(13-23(24)26)34-17-22(14-30)38-28(34)37/h5-11,13,15-16,22H,12,14,17,30H2,1-4H3,(H,33,36). The average Bonchev–Trinajstić information content (AvgIpc) is 3.52. The van der Waals surface area contributed by atoms with Crippen molar-refractivity contribution >= 4 is 34.3 Å². The van der Waals surface area contributed by atoms with Crippen LogP contribution >= 0.6 is 0 Å². The molecule has 1 fully saturated rings. The van der Waals surface area contributed by atoms with E-state index in [1.54, 1.807) is 23.4 Å². The smallest absolute Gasteiger partial charge is 0.414 e. The van der Waals surface area contributed by atoms with Gasteiger partial charge in [0.1, 0.15) is 17.6 Å². The fourth-order valence-corrected chi connectivity index (χ4v) is 4.42. The number of nitrogens with zero attached hydrogens (tertiary/aromatic N) is 4. The molecule has 2 aromatic heterocycles. The highest BCUT2D eigenvalue weighted by atomic mass is 16.6. The molecule has 1 aliphatic heterocycles. The molecule has 0 saturated carbocycles. The van der Waals surface area contributed by atoms with Gasteiger partial charge in [-0.25, -0.2) is 4.79 Å². The number of pyridine rings is 1. The summed E-state index contributed by atoms with van der Waals surface area (Å²) in [6, 6.07) is 13.0. The van der Waals surface area contributed by atoms with Crippen molar-refractivity contribution in [2.24, 2.45) is 5.73 Å². The minimum Gasteiger partial charge on any atom is -0.456 e. The number of rotatable bonds is 7. The minimum absolute atomic E-state index is 0.124. The normalized spacial score (nSPS) is 15.5. The molecule has 1 unspecified atom stereocenters. The largest absolute Gasteiger partial charge is 0.456 e. The molecule has 0 bridgehead atoms. The molecular formula is C29H32N6O4. The highest BCUT2D eigenvalue weighted by Crippen LogP contribution is 2.34. The van der Waals surface area contributed by atoms with Crippen LogP contribution in [0, 0.1) is 6.92 Å². The van der Waals surface area contributed by atoms with Gasteiger partial charge in [0.2, 0.25) is 5.91 Å². The lowest BCUT2D eigenvalue weighted by atomic mass is 10.1. The van der Waals surface area contributed by atoms with E-state index in [4.69, 9.17) is 15.2 Å². The van der Waals surface area contributed by atoms with Crippen LogP contribution in [0.15, 0.2) is 61.1 Å². The predicted molar refractivity (Wildman–Crippen MR) is 149 cm³/mol. The van der Waals surface area contributed by atoms with Crippen molar-refractivity contribution in [1.82, 2.24) is 14.8 Å². The number of benzene rings is 2. The fourth-order valence-electron chi connectivity index (χ4n) is 4.42. The van der Waals surface area contributed by atoms with Gasteiger partial charge in [0, 0.05) is 30.0 Å². The van der Waals surface area contributed by atoms with Gasteiger partial charge in [-0.15, -0.1) is 0 Å². The van der Waals surface area contributed by atoms with Crippen LogP contribution in [0.2, 0.25) is 0 Å². The van der Waals surface area contributed by atoms with Gasteiger partial charge in [0.25, 0.3) is 0 Å². The van der Waals surface area contributed by atoms with E-state index in [1.165, 1.54) is 0 Å². The number of fused-ring (bicyclic) bond motifs is 1. The second-order valence-corrected chi connectivity index (χ2v) is 10.6. The SMILES string of the molecule is Cc1cc(CC(=O)Nc2cnn(C(C)(C)C)c2)ccc1Oc1ccnc2ccc(N3CC(CN)OC3=O)cc12. The quantitative estimate of drug-likeness (QED) is 0.355. The Morgan fingerprint density at radius 1 is 1.18 bits per heavy atom. The molecule has 0 radical (unpaired) electrons. The van der Waals surface area contributed by atoms with Crippen LogP contribution in [0.25, 0.3) is 10.9 Å². The lowest BCUT2D eigenvalue weighted by Crippen LogP contribution is -2.27. The third-order valence-electron chi connectivity index (χ3n) is 6.51. The molecule has 3 heterocycles. The molecule has 3 N–H and O–H groups in total. The molecule has 2 amide bonds. The Labute approximate surface area is 226 Å². The van der Waals surface area contributed by atoms with Crippen molar-refractivity contribution in [3.05, 3.63) is 72.2 Å². The third-order valence-corrected chi connectivity index (χ3v) is 6.51. The predicted octanol–water partition coefficient (Wildman–Crippen LogP) is 4.75. The van der Waals surface area contributed by atoms with E-state index in [9.17, 15) is 9.59 Å². The summed E-state index contributed by atoms with van der Waals surface area (Å²) in [5, 5.41) is 8.00. The van der Waals surface area contributed by atoms with E-state index in [1.807, 2.05) is 75.0 Å². The Morgan fingerprint density at radius 3 is 2.69 bits per heavy atom. The molecule has 1 aliphatic rings. The average molecular weight is 529 g/mol. The van der Waals surface area contributed by atoms with Crippen molar-refractivity contribution in [2.45, 2.75) is 45.8 Å². The van der Waals surface area contributed by atoms with Crippen LogP contribution in [-0.2, 0) is 21.5 Å². The second-order valence-electron chi connectivity index (χ2n) is 10.6. The van der Waals surface area contributed by atoms with Gasteiger partial charge in [-0.1, -0.05) is 12.1 Å². The first kappa shape index (κ1) is 26.2. The molecule has 10 nitrogen and oxygen atoms in total. The van der Waals surface area contributed by atoms with Crippen molar-refractivity contribution < 1.29 is 19.1 Å². The summed E-state index contributed by atoms with van der Waals surface area (Å²) in [7, 11) is 0.